The summed E-state index contributed by atoms with van der Waals surface area (Å²) in [5, 5.41) is 0.852. The Morgan fingerprint density at radius 3 is 3.06 bits per heavy atom. The Hall–Kier alpha value is -1.81. The van der Waals surface area contributed by atoms with E-state index >= 15 is 0 Å². The highest BCUT2D eigenvalue weighted by atomic mass is 16.7. The van der Waals surface area contributed by atoms with Crippen molar-refractivity contribution in [2.75, 3.05) is 6.61 Å². The summed E-state index contributed by atoms with van der Waals surface area (Å²) in [4.78, 5) is 12.1. The van der Waals surface area contributed by atoms with Gasteiger partial charge in [0, 0.05) is 0 Å². The first-order chi connectivity index (χ1) is 8.84. The first kappa shape index (κ1) is 10.1. The summed E-state index contributed by atoms with van der Waals surface area (Å²) < 4.78 is 16.8. The molecule has 0 amide bonds. The molecule has 1 aromatic heterocycles. The fourth-order valence-electron chi connectivity index (χ4n) is 2.85. The maximum absolute atomic E-state index is 12.1. The lowest BCUT2D eigenvalue weighted by Gasteiger charge is -2.23. The summed E-state index contributed by atoms with van der Waals surface area (Å²) in [5.41, 5.74) is 0.931. The van der Waals surface area contributed by atoms with Gasteiger partial charge in [-0.2, -0.15) is 0 Å². The van der Waals surface area contributed by atoms with E-state index in [4.69, 9.17) is 13.9 Å². The number of rotatable bonds is 0. The summed E-state index contributed by atoms with van der Waals surface area (Å²) in [6, 6.07) is 7.45. The molecule has 92 valence electrons. The second-order valence-electron chi connectivity index (χ2n) is 4.73. The molecule has 2 aliphatic rings. The standard InChI is InChI=1S/C14H12O4/c15-13-11-9-5-3-7-16-14(9)18-12(11)8-4-1-2-6-10(8)17-13/h1-2,4,6,9,14H,3,5,7H2/t9-,14+/m0/s1. The van der Waals surface area contributed by atoms with Crippen LogP contribution in [0, 0.1) is 0 Å². The Bertz CT molecular complexity index is 673. The zero-order valence-electron chi connectivity index (χ0n) is 9.72. The molecule has 1 aromatic carbocycles. The smallest absolute Gasteiger partial charge is 0.343 e. The van der Waals surface area contributed by atoms with Crippen LogP contribution in [0.15, 0.2) is 33.5 Å². The van der Waals surface area contributed by atoms with E-state index in [1.54, 1.807) is 6.07 Å². The zero-order chi connectivity index (χ0) is 12.1. The summed E-state index contributed by atoms with van der Waals surface area (Å²) in [5.74, 6) is 0.674. The van der Waals surface area contributed by atoms with E-state index in [0.29, 0.717) is 23.5 Å². The lowest BCUT2D eigenvalue weighted by atomic mass is 9.94. The van der Waals surface area contributed by atoms with E-state index < -0.39 is 0 Å². The van der Waals surface area contributed by atoms with Gasteiger partial charge in [-0.25, -0.2) is 4.79 Å². The van der Waals surface area contributed by atoms with Crippen molar-refractivity contribution < 1.29 is 13.9 Å². The van der Waals surface area contributed by atoms with Crippen LogP contribution in [0.5, 0.6) is 5.75 Å². The summed E-state index contributed by atoms with van der Waals surface area (Å²) >= 11 is 0. The van der Waals surface area contributed by atoms with E-state index in [2.05, 4.69) is 0 Å². The highest BCUT2D eigenvalue weighted by Crippen LogP contribution is 2.44. The van der Waals surface area contributed by atoms with E-state index in [0.717, 1.165) is 18.2 Å². The van der Waals surface area contributed by atoms with Crippen LogP contribution in [-0.4, -0.2) is 12.9 Å². The molecule has 1 saturated heterocycles. The highest BCUT2D eigenvalue weighted by Gasteiger charge is 2.41. The maximum atomic E-state index is 12.1. The van der Waals surface area contributed by atoms with Crippen molar-refractivity contribution in [2.45, 2.75) is 25.0 Å². The molecular formula is C14H12O4. The van der Waals surface area contributed by atoms with Crippen molar-refractivity contribution in [1.82, 2.24) is 0 Å². The quantitative estimate of drug-likeness (QED) is 0.668. The van der Waals surface area contributed by atoms with Gasteiger partial charge >= 0.3 is 5.63 Å². The molecule has 0 unspecified atom stereocenters. The van der Waals surface area contributed by atoms with Crippen molar-refractivity contribution in [3.8, 4) is 5.75 Å². The van der Waals surface area contributed by atoms with E-state index in [9.17, 15) is 4.79 Å². The normalized spacial score (nSPS) is 25.6. The fraction of sp³-hybridized carbons (Fsp3) is 0.357. The summed E-state index contributed by atoms with van der Waals surface area (Å²) in [6.07, 6.45) is 1.55. The average Bonchev–Trinajstić information content (AvgIpc) is 2.79. The third-order valence-electron chi connectivity index (χ3n) is 3.67. The molecular weight excluding hydrogens is 232 g/mol. The van der Waals surface area contributed by atoms with Gasteiger partial charge in [0.15, 0.2) is 0 Å². The molecule has 2 aliphatic heterocycles. The SMILES string of the molecule is O=c1oc2ccccc2c2c1[C@@H]1CCCO[C@@H]1O2. The van der Waals surface area contributed by atoms with Crippen LogP contribution in [0.25, 0.3) is 11.0 Å². The van der Waals surface area contributed by atoms with E-state index in [1.807, 2.05) is 18.2 Å². The molecule has 2 aromatic rings. The number of benzene rings is 1. The largest absolute Gasteiger partial charge is 0.463 e. The average molecular weight is 244 g/mol. The van der Waals surface area contributed by atoms with Gasteiger partial charge in [0.1, 0.15) is 11.3 Å². The molecule has 4 heteroatoms. The summed E-state index contributed by atoms with van der Waals surface area (Å²) in [6.45, 7) is 0.693. The second kappa shape index (κ2) is 3.59. The minimum atomic E-state index is -0.317. The lowest BCUT2D eigenvalue weighted by Crippen LogP contribution is -2.28. The molecule has 0 saturated carbocycles. The number of hydrogen-bond acceptors (Lipinski definition) is 4. The molecule has 2 atom stereocenters. The van der Waals surface area contributed by atoms with Crippen molar-refractivity contribution in [1.29, 1.82) is 0 Å². The van der Waals surface area contributed by atoms with Crippen molar-refractivity contribution >= 4 is 11.0 Å². The molecule has 0 aliphatic carbocycles. The molecule has 0 N–H and O–H groups in total. The monoisotopic (exact) mass is 244 g/mol. The van der Waals surface area contributed by atoms with Crippen LogP contribution in [-0.2, 0) is 4.74 Å². The van der Waals surface area contributed by atoms with Crippen LogP contribution in [0.4, 0.5) is 0 Å². The summed E-state index contributed by atoms with van der Waals surface area (Å²) in [7, 11) is 0. The minimum absolute atomic E-state index is 0.0228. The molecule has 1 fully saturated rings. The van der Waals surface area contributed by atoms with E-state index in [-0.39, 0.29) is 17.8 Å². The molecule has 0 spiro atoms. The van der Waals surface area contributed by atoms with Crippen molar-refractivity contribution in [2.24, 2.45) is 0 Å². The number of hydrogen-bond donors (Lipinski definition) is 0. The van der Waals surface area contributed by atoms with Crippen molar-refractivity contribution in [3.05, 3.63) is 40.2 Å². The molecule has 4 rings (SSSR count). The van der Waals surface area contributed by atoms with Crippen LogP contribution >= 0.6 is 0 Å². The van der Waals surface area contributed by atoms with Gasteiger partial charge in [0.25, 0.3) is 0 Å². The molecule has 3 heterocycles. The minimum Gasteiger partial charge on any atom is -0.463 e. The van der Waals surface area contributed by atoms with Gasteiger partial charge in [0.05, 0.1) is 23.5 Å². The van der Waals surface area contributed by atoms with Gasteiger partial charge in [0.2, 0.25) is 6.29 Å². The predicted octanol–water partition coefficient (Wildman–Crippen LogP) is 2.41. The van der Waals surface area contributed by atoms with Crippen LogP contribution in [0.1, 0.15) is 24.3 Å². The predicted molar refractivity (Wildman–Crippen MR) is 64.8 cm³/mol. The number of fused-ring (bicyclic) bond motifs is 5. The van der Waals surface area contributed by atoms with E-state index in [1.165, 1.54) is 0 Å². The number of ether oxygens (including phenoxy) is 2. The van der Waals surface area contributed by atoms with Crippen LogP contribution in [0.3, 0.4) is 0 Å². The van der Waals surface area contributed by atoms with Gasteiger partial charge in [-0.05, 0) is 25.0 Å². The lowest BCUT2D eigenvalue weighted by molar-refractivity contribution is -0.104. The maximum Gasteiger partial charge on any atom is 0.343 e. The Morgan fingerprint density at radius 1 is 1.22 bits per heavy atom. The first-order valence-corrected chi connectivity index (χ1v) is 6.18. The Kier molecular flexibility index (Phi) is 2.02. The molecule has 18 heavy (non-hydrogen) atoms. The third-order valence-corrected chi connectivity index (χ3v) is 3.67. The molecule has 0 bridgehead atoms. The first-order valence-electron chi connectivity index (χ1n) is 6.18. The topological polar surface area (TPSA) is 48.7 Å². The highest BCUT2D eigenvalue weighted by molar-refractivity contribution is 5.85. The Balaban J connectivity index is 2.02. The van der Waals surface area contributed by atoms with Gasteiger partial charge in [-0.3, -0.25) is 0 Å². The third kappa shape index (κ3) is 1.26. The Labute approximate surface area is 103 Å². The van der Waals surface area contributed by atoms with Crippen molar-refractivity contribution in [3.63, 3.8) is 0 Å². The molecule has 4 nitrogen and oxygen atoms in total. The van der Waals surface area contributed by atoms with Gasteiger partial charge in [-0.15, -0.1) is 0 Å². The number of para-hydroxylation sites is 1. The fourth-order valence-corrected chi connectivity index (χ4v) is 2.85. The van der Waals surface area contributed by atoms with Crippen LogP contribution < -0.4 is 10.4 Å². The zero-order valence-corrected chi connectivity index (χ0v) is 9.72. The van der Waals surface area contributed by atoms with Gasteiger partial charge < -0.3 is 13.9 Å². The molecule has 0 radical (unpaired) electrons. The van der Waals surface area contributed by atoms with Crippen LogP contribution in [0.2, 0.25) is 0 Å². The van der Waals surface area contributed by atoms with Gasteiger partial charge in [-0.1, -0.05) is 12.1 Å². The second-order valence-corrected chi connectivity index (χ2v) is 4.73. The Morgan fingerprint density at radius 2 is 2.11 bits per heavy atom.